The van der Waals surface area contributed by atoms with E-state index in [1.54, 1.807) is 27.7 Å². The molecule has 0 rings (SSSR count). The Morgan fingerprint density at radius 3 is 0.714 bits per heavy atom. The van der Waals surface area contributed by atoms with Crippen LogP contribution in [0.3, 0.4) is 0 Å². The summed E-state index contributed by atoms with van der Waals surface area (Å²) in [5, 5.41) is 0. The van der Waals surface area contributed by atoms with Crippen molar-refractivity contribution in [3.63, 3.8) is 0 Å². The van der Waals surface area contributed by atoms with Crippen molar-refractivity contribution >= 4 is 0 Å². The SMILES string of the molecule is CC(C)C(C)(F)F.CC(C)C(C)(F)F.CC(C)C(C)F.CC(C)C(F)(F)C(C)(F)F.CC(C)CC(C)(F)F.CC(C)CC(C)F.CC(C)CCF.CCC(C)C. The largest absolute Gasteiger partial charge is 0.312 e. The maximum Gasteiger partial charge on any atom is 0.312 e. The number of rotatable bonds is 12. The first-order valence-corrected chi connectivity index (χ1v) is 20.0. The maximum atomic E-state index is 12.3. The highest BCUT2D eigenvalue weighted by Crippen LogP contribution is 2.39. The van der Waals surface area contributed by atoms with Crippen LogP contribution in [0.15, 0.2) is 0 Å². The zero-order chi connectivity index (χ0) is 47.8. The van der Waals surface area contributed by atoms with E-state index in [4.69, 9.17) is 0 Å². The van der Waals surface area contributed by atoms with Crippen LogP contribution in [0.2, 0.25) is 0 Å². The fraction of sp³-hybridized carbons (Fsp3) is 1.00. The van der Waals surface area contributed by atoms with Crippen LogP contribution >= 0.6 is 0 Å². The Hall–Kier alpha value is -0.910. The van der Waals surface area contributed by atoms with E-state index in [0.717, 1.165) is 40.5 Å². The van der Waals surface area contributed by atoms with Crippen LogP contribution in [0.4, 0.5) is 57.1 Å². The summed E-state index contributed by atoms with van der Waals surface area (Å²) in [6, 6.07) is 0. The molecule has 0 aromatic carbocycles. The minimum absolute atomic E-state index is 0.00694. The summed E-state index contributed by atoms with van der Waals surface area (Å²) in [5.74, 6) is -15.5. The average molecular weight is 853 g/mol. The molecule has 0 fully saturated rings. The highest BCUT2D eigenvalue weighted by atomic mass is 19.3. The van der Waals surface area contributed by atoms with Gasteiger partial charge in [-0.1, -0.05) is 124 Å². The van der Waals surface area contributed by atoms with Crippen molar-refractivity contribution in [2.45, 2.75) is 227 Å². The minimum atomic E-state index is -3.92. The van der Waals surface area contributed by atoms with Gasteiger partial charge in [0.05, 0.1) is 19.0 Å². The number of hydrogen-bond donors (Lipinski definition) is 0. The Morgan fingerprint density at radius 1 is 0.446 bits per heavy atom. The standard InChI is InChI=1S/C6H10F4.C6H12F2.C6H13F.2C5H10F2.2C5H11F.C5H12/c1-4(2)6(9,10)5(3,7)8;1-5(2)4-6(3,7)8;1-5(2)4-6(3)7;2*1-4(2)5(3,6)7;1-5(2)3-4-6;1-4(2)5(3)6;1-4-5(2)3/h4H,1-3H3;5H,4H2,1-3H3;5-6H,4H2,1-3H3;2*4H,1-3H3;5H,3-4H2,1-2H3;4-5H,1-3H3;5H,4H2,1-3H3. The summed E-state index contributed by atoms with van der Waals surface area (Å²) in [5.41, 5.74) is 0. The minimum Gasteiger partial charge on any atom is -0.251 e. The Labute approximate surface area is 337 Å². The zero-order valence-corrected chi connectivity index (χ0v) is 39.7. The monoisotopic (exact) mass is 853 g/mol. The lowest BCUT2D eigenvalue weighted by Gasteiger charge is -2.26. The Morgan fingerprint density at radius 2 is 0.714 bits per heavy atom. The van der Waals surface area contributed by atoms with Gasteiger partial charge in [-0.15, -0.1) is 0 Å². The van der Waals surface area contributed by atoms with Crippen LogP contribution in [-0.4, -0.2) is 48.6 Å². The molecule has 2 atom stereocenters. The van der Waals surface area contributed by atoms with E-state index in [-0.39, 0.29) is 31.9 Å². The lowest BCUT2D eigenvalue weighted by Crippen LogP contribution is -2.42. The van der Waals surface area contributed by atoms with E-state index in [1.807, 2.05) is 41.5 Å². The Bertz CT molecular complexity index is 735. The molecule has 0 nitrogen and oxygen atoms in total. The van der Waals surface area contributed by atoms with Crippen molar-refractivity contribution in [2.24, 2.45) is 47.3 Å². The van der Waals surface area contributed by atoms with Crippen LogP contribution in [0.1, 0.15) is 185 Å². The van der Waals surface area contributed by atoms with Crippen LogP contribution in [-0.2, 0) is 0 Å². The van der Waals surface area contributed by atoms with E-state index in [9.17, 15) is 57.1 Å². The van der Waals surface area contributed by atoms with Crippen molar-refractivity contribution in [1.29, 1.82) is 0 Å². The summed E-state index contributed by atoms with van der Waals surface area (Å²) in [4.78, 5) is 0. The van der Waals surface area contributed by atoms with E-state index in [0.29, 0.717) is 24.7 Å². The van der Waals surface area contributed by atoms with Gasteiger partial charge < -0.3 is 0 Å². The van der Waals surface area contributed by atoms with Gasteiger partial charge in [-0.05, 0) is 77.0 Å². The van der Waals surface area contributed by atoms with Gasteiger partial charge in [0.2, 0.25) is 17.8 Å². The second-order valence-corrected chi connectivity index (χ2v) is 17.6. The fourth-order valence-electron chi connectivity index (χ4n) is 2.09. The molecule has 0 aromatic heterocycles. The van der Waals surface area contributed by atoms with Crippen molar-refractivity contribution in [2.75, 3.05) is 6.67 Å². The molecule has 0 bridgehead atoms. The van der Waals surface area contributed by atoms with Crippen molar-refractivity contribution < 1.29 is 57.1 Å². The highest BCUT2D eigenvalue weighted by Gasteiger charge is 2.54. The van der Waals surface area contributed by atoms with Gasteiger partial charge in [-0.25, -0.2) is 43.9 Å². The second-order valence-electron chi connectivity index (χ2n) is 17.6. The van der Waals surface area contributed by atoms with E-state index in [1.165, 1.54) is 34.1 Å². The third-order valence-electron chi connectivity index (χ3n) is 7.32. The third-order valence-corrected chi connectivity index (χ3v) is 7.32. The smallest absolute Gasteiger partial charge is 0.251 e. The third kappa shape index (κ3) is 74.1. The zero-order valence-electron chi connectivity index (χ0n) is 39.7. The van der Waals surface area contributed by atoms with Crippen molar-refractivity contribution in [1.82, 2.24) is 0 Å². The van der Waals surface area contributed by atoms with E-state index >= 15 is 0 Å². The Kier molecular flexibility index (Phi) is 48.2. The molecule has 0 aromatic rings. The molecule has 2 unspecified atom stereocenters. The lowest BCUT2D eigenvalue weighted by atomic mass is 10.0. The summed E-state index contributed by atoms with van der Waals surface area (Å²) < 4.78 is 155. The van der Waals surface area contributed by atoms with E-state index < -0.39 is 59.7 Å². The van der Waals surface area contributed by atoms with Gasteiger partial charge in [-0.2, -0.15) is 8.78 Å². The van der Waals surface area contributed by atoms with Gasteiger partial charge in [0.1, 0.15) is 0 Å². The molecule has 13 heteroatoms. The summed E-state index contributed by atoms with van der Waals surface area (Å²) in [6.45, 7) is 36.2. The highest BCUT2D eigenvalue weighted by molar-refractivity contribution is 4.83. The molecule has 0 N–H and O–H groups in total. The first kappa shape index (κ1) is 72.7. The quantitative estimate of drug-likeness (QED) is 0.172. The first-order chi connectivity index (χ1) is 24.3. The molecule has 0 aliphatic heterocycles. The first-order valence-electron chi connectivity index (χ1n) is 20.0. The molecule has 0 heterocycles. The number of halogens is 13. The average Bonchev–Trinajstić information content (AvgIpc) is 2.91. The Balaban J connectivity index is -0.0000000790. The molecule has 352 valence electrons. The second kappa shape index (κ2) is 37.1. The predicted octanol–water partition coefficient (Wildman–Crippen LogP) is 18.7. The number of hydrogen-bond acceptors (Lipinski definition) is 0. The van der Waals surface area contributed by atoms with Gasteiger partial charge >= 0.3 is 11.8 Å². The van der Waals surface area contributed by atoms with Gasteiger partial charge in [-0.3, -0.25) is 4.39 Å². The van der Waals surface area contributed by atoms with Crippen LogP contribution < -0.4 is 0 Å². The predicted molar refractivity (Wildman–Crippen MR) is 217 cm³/mol. The molecule has 0 spiro atoms. The molecular formula is C43H89F13. The van der Waals surface area contributed by atoms with Gasteiger partial charge in [0.25, 0.3) is 0 Å². The lowest BCUT2D eigenvalue weighted by molar-refractivity contribution is -0.220. The van der Waals surface area contributed by atoms with Crippen molar-refractivity contribution in [3.8, 4) is 0 Å². The van der Waals surface area contributed by atoms with Crippen LogP contribution in [0.5, 0.6) is 0 Å². The molecule has 0 aliphatic rings. The van der Waals surface area contributed by atoms with E-state index in [2.05, 4.69) is 20.8 Å². The topological polar surface area (TPSA) is 0 Å². The molecular weight excluding hydrogens is 763 g/mol. The summed E-state index contributed by atoms with van der Waals surface area (Å²) in [6.07, 6.45) is 1.43. The molecule has 0 saturated heterocycles. The van der Waals surface area contributed by atoms with Gasteiger partial charge in [0.15, 0.2) is 0 Å². The van der Waals surface area contributed by atoms with Crippen molar-refractivity contribution in [3.05, 3.63) is 0 Å². The molecule has 0 aliphatic carbocycles. The molecule has 0 saturated carbocycles. The number of alkyl halides is 13. The van der Waals surface area contributed by atoms with Crippen LogP contribution in [0, 0.1) is 47.3 Å². The van der Waals surface area contributed by atoms with Crippen LogP contribution in [0.25, 0.3) is 0 Å². The normalized spacial score (nSPS) is 13.1. The summed E-state index contributed by atoms with van der Waals surface area (Å²) in [7, 11) is 0. The molecule has 0 radical (unpaired) electrons. The molecule has 56 heavy (non-hydrogen) atoms. The summed E-state index contributed by atoms with van der Waals surface area (Å²) >= 11 is 0. The van der Waals surface area contributed by atoms with Gasteiger partial charge in [0, 0.05) is 31.1 Å². The fourth-order valence-corrected chi connectivity index (χ4v) is 2.09. The molecule has 0 amide bonds. The maximum absolute atomic E-state index is 12.3.